The fourth-order valence-corrected chi connectivity index (χ4v) is 5.38. The van der Waals surface area contributed by atoms with Gasteiger partial charge in [-0.25, -0.2) is 8.42 Å². The minimum absolute atomic E-state index is 0.116. The highest BCUT2D eigenvalue weighted by atomic mass is 32.2. The number of rotatable bonds is 5. The number of anilines is 1. The zero-order valence-corrected chi connectivity index (χ0v) is 19.3. The largest absolute Gasteiger partial charge is 0.495 e. The molecule has 0 fully saturated rings. The molecular formula is C23H21N3O4S2. The SMILES string of the molecule is COc1cccc2sc(=NC(=O)c3ccccc3NS(=O)(=O)c3ccc(C)cc3)n(C)c12. The van der Waals surface area contributed by atoms with Crippen molar-refractivity contribution in [1.82, 2.24) is 4.57 Å². The summed E-state index contributed by atoms with van der Waals surface area (Å²) < 4.78 is 36.3. The van der Waals surface area contributed by atoms with Crippen LogP contribution in [-0.2, 0) is 17.1 Å². The van der Waals surface area contributed by atoms with Gasteiger partial charge in [0.2, 0.25) is 0 Å². The first-order valence-corrected chi connectivity index (χ1v) is 12.0. The van der Waals surface area contributed by atoms with Gasteiger partial charge in [-0.05, 0) is 43.3 Å². The van der Waals surface area contributed by atoms with E-state index >= 15 is 0 Å². The maximum absolute atomic E-state index is 13.0. The Kier molecular flexibility index (Phi) is 5.86. The second-order valence-corrected chi connectivity index (χ2v) is 9.82. The number of fused-ring (bicyclic) bond motifs is 1. The molecule has 3 aromatic carbocycles. The molecule has 0 saturated carbocycles. The predicted octanol–water partition coefficient (Wildman–Crippen LogP) is 4.10. The standard InChI is InChI=1S/C23H21N3O4S2/c1-15-11-13-16(14-12-15)32(28,29)25-18-8-5-4-7-17(18)22(27)24-23-26(2)21-19(30-3)9-6-10-20(21)31-23/h4-14,25H,1-3H3. The lowest BCUT2D eigenvalue weighted by atomic mass is 10.2. The van der Waals surface area contributed by atoms with Gasteiger partial charge in [-0.2, -0.15) is 4.99 Å². The molecule has 0 aliphatic carbocycles. The van der Waals surface area contributed by atoms with Crippen molar-refractivity contribution in [2.24, 2.45) is 12.0 Å². The van der Waals surface area contributed by atoms with Crippen LogP contribution >= 0.6 is 11.3 Å². The van der Waals surface area contributed by atoms with Crippen LogP contribution in [0.1, 0.15) is 15.9 Å². The van der Waals surface area contributed by atoms with Gasteiger partial charge in [-0.1, -0.05) is 47.2 Å². The molecule has 0 atom stereocenters. The van der Waals surface area contributed by atoms with Crippen LogP contribution in [0.5, 0.6) is 5.75 Å². The van der Waals surface area contributed by atoms with Crippen LogP contribution in [0, 0.1) is 6.92 Å². The van der Waals surface area contributed by atoms with Crippen molar-refractivity contribution in [2.75, 3.05) is 11.8 Å². The third kappa shape index (κ3) is 4.17. The number of ether oxygens (including phenoxy) is 1. The third-order valence-corrected chi connectivity index (χ3v) is 7.41. The van der Waals surface area contributed by atoms with Crippen LogP contribution in [0.4, 0.5) is 5.69 Å². The number of para-hydroxylation sites is 2. The molecule has 0 unspecified atom stereocenters. The summed E-state index contributed by atoms with van der Waals surface area (Å²) in [6.07, 6.45) is 0. The predicted molar refractivity (Wildman–Crippen MR) is 126 cm³/mol. The molecule has 164 valence electrons. The van der Waals surface area contributed by atoms with E-state index in [-0.39, 0.29) is 16.1 Å². The van der Waals surface area contributed by atoms with Gasteiger partial charge in [0.1, 0.15) is 11.3 Å². The summed E-state index contributed by atoms with van der Waals surface area (Å²) in [4.78, 5) is 17.9. The molecular weight excluding hydrogens is 446 g/mol. The van der Waals surface area contributed by atoms with Crippen molar-refractivity contribution >= 4 is 43.2 Å². The molecule has 0 bridgehead atoms. The number of carbonyl (C=O) groups is 1. The number of carbonyl (C=O) groups excluding carboxylic acids is 1. The summed E-state index contributed by atoms with van der Waals surface area (Å²) in [6, 6.07) is 18.6. The van der Waals surface area contributed by atoms with Crippen LogP contribution in [0.3, 0.4) is 0 Å². The molecule has 0 spiro atoms. The van der Waals surface area contributed by atoms with E-state index in [2.05, 4.69) is 9.71 Å². The van der Waals surface area contributed by atoms with Gasteiger partial charge in [0.25, 0.3) is 15.9 Å². The molecule has 0 radical (unpaired) electrons. The van der Waals surface area contributed by atoms with E-state index in [4.69, 9.17) is 4.74 Å². The van der Waals surface area contributed by atoms with Gasteiger partial charge in [0.05, 0.1) is 28.0 Å². The van der Waals surface area contributed by atoms with E-state index in [0.717, 1.165) is 15.8 Å². The molecule has 1 aromatic heterocycles. The van der Waals surface area contributed by atoms with Gasteiger partial charge in [-0.3, -0.25) is 9.52 Å². The topological polar surface area (TPSA) is 89.8 Å². The number of nitrogens with one attached hydrogen (secondary N) is 1. The number of hydrogen-bond donors (Lipinski definition) is 1. The van der Waals surface area contributed by atoms with Gasteiger partial charge in [0.15, 0.2) is 4.80 Å². The van der Waals surface area contributed by atoms with E-state index < -0.39 is 15.9 Å². The Labute approximate surface area is 189 Å². The second kappa shape index (κ2) is 8.60. The number of methoxy groups -OCH3 is 1. The number of aromatic nitrogens is 1. The summed E-state index contributed by atoms with van der Waals surface area (Å²) in [7, 11) is -0.467. The van der Waals surface area contributed by atoms with E-state index in [1.54, 1.807) is 55.1 Å². The van der Waals surface area contributed by atoms with Crippen LogP contribution in [0.2, 0.25) is 0 Å². The first-order valence-electron chi connectivity index (χ1n) is 9.70. The molecule has 9 heteroatoms. The van der Waals surface area contributed by atoms with Crippen LogP contribution in [0.25, 0.3) is 10.2 Å². The number of nitrogens with zero attached hydrogens (tertiary/aromatic N) is 2. The first-order chi connectivity index (χ1) is 15.3. The van der Waals surface area contributed by atoms with Crippen molar-refractivity contribution in [2.45, 2.75) is 11.8 Å². The lowest BCUT2D eigenvalue weighted by molar-refractivity contribution is 0.0998. The van der Waals surface area contributed by atoms with Crippen LogP contribution in [0.15, 0.2) is 76.6 Å². The Balaban J connectivity index is 1.73. The Hall–Kier alpha value is -3.43. The van der Waals surface area contributed by atoms with Crippen molar-refractivity contribution in [3.05, 3.63) is 82.7 Å². The molecule has 32 heavy (non-hydrogen) atoms. The van der Waals surface area contributed by atoms with Crippen LogP contribution < -0.4 is 14.3 Å². The summed E-state index contributed by atoms with van der Waals surface area (Å²) in [5.41, 5.74) is 2.11. The lowest BCUT2D eigenvalue weighted by Crippen LogP contribution is -2.17. The Morgan fingerprint density at radius 3 is 2.47 bits per heavy atom. The highest BCUT2D eigenvalue weighted by molar-refractivity contribution is 7.92. The minimum Gasteiger partial charge on any atom is -0.495 e. The quantitative estimate of drug-likeness (QED) is 0.479. The lowest BCUT2D eigenvalue weighted by Gasteiger charge is -2.11. The summed E-state index contributed by atoms with van der Waals surface area (Å²) in [5.74, 6) is 0.134. The Morgan fingerprint density at radius 1 is 1.03 bits per heavy atom. The molecule has 1 N–H and O–H groups in total. The van der Waals surface area contributed by atoms with Gasteiger partial charge >= 0.3 is 0 Å². The number of aryl methyl sites for hydroxylation is 2. The number of thiazole rings is 1. The van der Waals surface area contributed by atoms with E-state index in [1.165, 1.54) is 23.5 Å². The fourth-order valence-electron chi connectivity index (χ4n) is 3.27. The molecule has 1 amide bonds. The minimum atomic E-state index is -3.86. The zero-order valence-electron chi connectivity index (χ0n) is 17.7. The van der Waals surface area contributed by atoms with E-state index in [1.807, 2.05) is 25.1 Å². The number of amides is 1. The number of benzene rings is 3. The smallest absolute Gasteiger partial charge is 0.281 e. The highest BCUT2D eigenvalue weighted by Gasteiger charge is 2.19. The average molecular weight is 468 g/mol. The summed E-state index contributed by atoms with van der Waals surface area (Å²) in [6.45, 7) is 1.88. The van der Waals surface area contributed by atoms with Crippen molar-refractivity contribution in [3.63, 3.8) is 0 Å². The molecule has 0 aliphatic heterocycles. The Morgan fingerprint density at radius 2 is 1.75 bits per heavy atom. The van der Waals surface area contributed by atoms with Gasteiger partial charge in [0, 0.05) is 7.05 Å². The fraction of sp³-hybridized carbons (Fsp3) is 0.130. The maximum atomic E-state index is 13.0. The molecule has 4 rings (SSSR count). The maximum Gasteiger partial charge on any atom is 0.281 e. The molecule has 7 nitrogen and oxygen atoms in total. The van der Waals surface area contributed by atoms with Crippen molar-refractivity contribution in [1.29, 1.82) is 0 Å². The van der Waals surface area contributed by atoms with E-state index in [9.17, 15) is 13.2 Å². The zero-order chi connectivity index (χ0) is 22.9. The molecule has 0 aliphatic rings. The average Bonchev–Trinajstić information content (AvgIpc) is 3.09. The van der Waals surface area contributed by atoms with Gasteiger partial charge < -0.3 is 9.30 Å². The molecule has 1 heterocycles. The normalized spacial score (nSPS) is 12.2. The monoisotopic (exact) mass is 467 g/mol. The van der Waals surface area contributed by atoms with Gasteiger partial charge in [-0.15, -0.1) is 0 Å². The van der Waals surface area contributed by atoms with E-state index in [0.29, 0.717) is 10.6 Å². The summed E-state index contributed by atoms with van der Waals surface area (Å²) >= 11 is 1.35. The van der Waals surface area contributed by atoms with Crippen molar-refractivity contribution < 1.29 is 17.9 Å². The molecule has 0 saturated heterocycles. The number of hydrogen-bond acceptors (Lipinski definition) is 5. The second-order valence-electron chi connectivity index (χ2n) is 7.13. The number of sulfonamides is 1. The first kappa shape index (κ1) is 21.8. The summed E-state index contributed by atoms with van der Waals surface area (Å²) in [5, 5.41) is 0. The van der Waals surface area contributed by atoms with Crippen LogP contribution in [-0.4, -0.2) is 26.0 Å². The van der Waals surface area contributed by atoms with Crippen molar-refractivity contribution in [3.8, 4) is 5.75 Å². The molecule has 4 aromatic rings. The highest BCUT2D eigenvalue weighted by Crippen LogP contribution is 2.27. The third-order valence-electron chi connectivity index (χ3n) is 4.94. The Bertz CT molecular complexity index is 1480.